The fourth-order valence-electron chi connectivity index (χ4n) is 2.80. The van der Waals surface area contributed by atoms with Crippen LogP contribution in [0.1, 0.15) is 28.9 Å². The zero-order chi connectivity index (χ0) is 16.1. The van der Waals surface area contributed by atoms with E-state index < -0.39 is 0 Å². The van der Waals surface area contributed by atoms with Gasteiger partial charge in [0.2, 0.25) is 5.91 Å². The summed E-state index contributed by atoms with van der Waals surface area (Å²) in [5.41, 5.74) is 1.61. The SMILES string of the molecule is O=C(N[C@H]1CCN(C(=O)CCc2ccccc2)C1)c1ccn[nH]1. The van der Waals surface area contributed by atoms with Crippen molar-refractivity contribution >= 4 is 11.8 Å². The van der Waals surface area contributed by atoms with Gasteiger partial charge in [-0.05, 0) is 24.5 Å². The maximum absolute atomic E-state index is 12.3. The molecule has 3 rings (SSSR count). The van der Waals surface area contributed by atoms with Crippen LogP contribution in [0.4, 0.5) is 0 Å². The lowest BCUT2D eigenvalue weighted by Crippen LogP contribution is -2.38. The first-order chi connectivity index (χ1) is 11.2. The van der Waals surface area contributed by atoms with E-state index in [9.17, 15) is 9.59 Å². The van der Waals surface area contributed by atoms with Crippen LogP contribution >= 0.6 is 0 Å². The van der Waals surface area contributed by atoms with Crippen LogP contribution in [0.2, 0.25) is 0 Å². The summed E-state index contributed by atoms with van der Waals surface area (Å²) >= 11 is 0. The van der Waals surface area contributed by atoms with Gasteiger partial charge in [-0.3, -0.25) is 14.7 Å². The molecule has 120 valence electrons. The molecule has 6 heteroatoms. The Morgan fingerprint density at radius 2 is 2.09 bits per heavy atom. The molecule has 23 heavy (non-hydrogen) atoms. The molecule has 6 nitrogen and oxygen atoms in total. The number of hydrogen-bond acceptors (Lipinski definition) is 3. The number of H-pyrrole nitrogens is 1. The minimum Gasteiger partial charge on any atom is -0.346 e. The predicted molar refractivity (Wildman–Crippen MR) is 85.8 cm³/mol. The van der Waals surface area contributed by atoms with Gasteiger partial charge in [0.25, 0.3) is 5.91 Å². The highest BCUT2D eigenvalue weighted by Crippen LogP contribution is 2.13. The summed E-state index contributed by atoms with van der Waals surface area (Å²) in [5.74, 6) is -0.0294. The number of aryl methyl sites for hydroxylation is 1. The maximum atomic E-state index is 12.3. The van der Waals surface area contributed by atoms with Crippen molar-refractivity contribution in [2.24, 2.45) is 0 Å². The van der Waals surface area contributed by atoms with Crippen LogP contribution in [0, 0.1) is 0 Å². The second kappa shape index (κ2) is 7.09. The molecule has 1 aromatic carbocycles. The quantitative estimate of drug-likeness (QED) is 0.875. The Bertz CT molecular complexity index is 654. The lowest BCUT2D eigenvalue weighted by Gasteiger charge is -2.17. The molecule has 0 radical (unpaired) electrons. The lowest BCUT2D eigenvalue weighted by molar-refractivity contribution is -0.130. The standard InChI is InChI=1S/C17H20N4O2/c22-16(7-6-13-4-2-1-3-5-13)21-11-9-14(12-21)19-17(23)15-8-10-18-20-15/h1-5,8,10,14H,6-7,9,11-12H2,(H,18,20)(H,19,23)/t14-/m0/s1. The summed E-state index contributed by atoms with van der Waals surface area (Å²) in [4.78, 5) is 26.1. The molecule has 1 aliphatic heterocycles. The van der Waals surface area contributed by atoms with E-state index in [1.54, 1.807) is 12.3 Å². The minimum absolute atomic E-state index is 0.00600. The van der Waals surface area contributed by atoms with Gasteiger partial charge in [-0.15, -0.1) is 0 Å². The largest absolute Gasteiger partial charge is 0.346 e. The molecule has 0 unspecified atom stereocenters. The minimum atomic E-state index is -0.175. The Morgan fingerprint density at radius 1 is 1.26 bits per heavy atom. The number of amides is 2. The molecular weight excluding hydrogens is 292 g/mol. The van der Waals surface area contributed by atoms with Crippen molar-refractivity contribution in [2.45, 2.75) is 25.3 Å². The normalized spacial score (nSPS) is 17.2. The fraction of sp³-hybridized carbons (Fsp3) is 0.353. The summed E-state index contributed by atoms with van der Waals surface area (Å²) in [6, 6.07) is 11.6. The summed E-state index contributed by atoms with van der Waals surface area (Å²) in [5, 5.41) is 9.34. The number of nitrogens with one attached hydrogen (secondary N) is 2. The Labute approximate surface area is 134 Å². The number of hydrogen-bond donors (Lipinski definition) is 2. The molecule has 2 heterocycles. The third-order valence-electron chi connectivity index (χ3n) is 4.09. The second-order valence-corrected chi connectivity index (χ2v) is 5.75. The number of rotatable bonds is 5. The van der Waals surface area contributed by atoms with Gasteiger partial charge in [-0.1, -0.05) is 30.3 Å². The van der Waals surface area contributed by atoms with Crippen LogP contribution in [0.15, 0.2) is 42.6 Å². The highest BCUT2D eigenvalue weighted by atomic mass is 16.2. The van der Waals surface area contributed by atoms with E-state index in [0.29, 0.717) is 25.2 Å². The van der Waals surface area contributed by atoms with Crippen LogP contribution in [0.25, 0.3) is 0 Å². The van der Waals surface area contributed by atoms with E-state index in [1.165, 1.54) is 5.56 Å². The van der Waals surface area contributed by atoms with Crippen molar-refractivity contribution in [3.8, 4) is 0 Å². The monoisotopic (exact) mass is 312 g/mol. The van der Waals surface area contributed by atoms with Crippen molar-refractivity contribution in [3.05, 3.63) is 53.9 Å². The molecule has 1 saturated heterocycles. The van der Waals surface area contributed by atoms with E-state index in [4.69, 9.17) is 0 Å². The van der Waals surface area contributed by atoms with Crippen molar-refractivity contribution in [3.63, 3.8) is 0 Å². The summed E-state index contributed by atoms with van der Waals surface area (Å²) < 4.78 is 0. The lowest BCUT2D eigenvalue weighted by atomic mass is 10.1. The number of aromatic amines is 1. The zero-order valence-electron chi connectivity index (χ0n) is 12.9. The highest BCUT2D eigenvalue weighted by Gasteiger charge is 2.27. The van der Waals surface area contributed by atoms with Gasteiger partial charge in [0.05, 0.1) is 0 Å². The summed E-state index contributed by atoms with van der Waals surface area (Å²) in [7, 11) is 0. The van der Waals surface area contributed by atoms with Crippen LogP contribution in [0.5, 0.6) is 0 Å². The molecule has 1 atom stereocenters. The van der Waals surface area contributed by atoms with Crippen LogP contribution in [-0.4, -0.2) is 46.0 Å². The number of carbonyl (C=O) groups excluding carboxylic acids is 2. The van der Waals surface area contributed by atoms with E-state index in [0.717, 1.165) is 12.8 Å². The number of carbonyl (C=O) groups is 2. The summed E-state index contributed by atoms with van der Waals surface area (Å²) in [6.45, 7) is 1.27. The van der Waals surface area contributed by atoms with Crippen molar-refractivity contribution in [1.29, 1.82) is 0 Å². The van der Waals surface area contributed by atoms with Crippen molar-refractivity contribution in [2.75, 3.05) is 13.1 Å². The highest BCUT2D eigenvalue weighted by molar-refractivity contribution is 5.92. The second-order valence-electron chi connectivity index (χ2n) is 5.75. The maximum Gasteiger partial charge on any atom is 0.269 e. The number of nitrogens with zero attached hydrogens (tertiary/aromatic N) is 2. The van der Waals surface area contributed by atoms with Gasteiger partial charge < -0.3 is 10.2 Å². The number of aromatic nitrogens is 2. The molecule has 2 N–H and O–H groups in total. The van der Waals surface area contributed by atoms with Gasteiger partial charge in [-0.2, -0.15) is 5.10 Å². The van der Waals surface area contributed by atoms with Gasteiger partial charge in [0, 0.05) is 31.7 Å². The van der Waals surface area contributed by atoms with Gasteiger partial charge in [-0.25, -0.2) is 0 Å². The first kappa shape index (κ1) is 15.3. The topological polar surface area (TPSA) is 78.1 Å². The van der Waals surface area contributed by atoms with Gasteiger partial charge >= 0.3 is 0 Å². The van der Waals surface area contributed by atoms with E-state index in [-0.39, 0.29) is 17.9 Å². The van der Waals surface area contributed by atoms with Crippen molar-refractivity contribution < 1.29 is 9.59 Å². The Kier molecular flexibility index (Phi) is 4.71. The first-order valence-corrected chi connectivity index (χ1v) is 7.84. The molecule has 1 fully saturated rings. The van der Waals surface area contributed by atoms with Gasteiger partial charge in [0.15, 0.2) is 0 Å². The zero-order valence-corrected chi connectivity index (χ0v) is 12.9. The third-order valence-corrected chi connectivity index (χ3v) is 4.09. The number of benzene rings is 1. The molecule has 0 aliphatic carbocycles. The molecule has 2 amide bonds. The van der Waals surface area contributed by atoms with E-state index >= 15 is 0 Å². The van der Waals surface area contributed by atoms with Crippen molar-refractivity contribution in [1.82, 2.24) is 20.4 Å². The van der Waals surface area contributed by atoms with Crippen LogP contribution < -0.4 is 5.32 Å². The predicted octanol–water partition coefficient (Wildman–Crippen LogP) is 1.37. The average Bonchev–Trinajstić information content (AvgIpc) is 3.25. The third kappa shape index (κ3) is 3.97. The number of likely N-dealkylation sites (tertiary alicyclic amines) is 1. The fourth-order valence-corrected chi connectivity index (χ4v) is 2.80. The van der Waals surface area contributed by atoms with Crippen LogP contribution in [0.3, 0.4) is 0 Å². The smallest absolute Gasteiger partial charge is 0.269 e. The summed E-state index contributed by atoms with van der Waals surface area (Å²) in [6.07, 6.45) is 3.59. The molecular formula is C17H20N4O2. The Hall–Kier alpha value is -2.63. The van der Waals surface area contributed by atoms with Gasteiger partial charge in [0.1, 0.15) is 5.69 Å². The molecule has 2 aromatic rings. The Morgan fingerprint density at radius 3 is 2.83 bits per heavy atom. The molecule has 0 saturated carbocycles. The van der Waals surface area contributed by atoms with Crippen LogP contribution in [-0.2, 0) is 11.2 Å². The molecule has 1 aliphatic rings. The first-order valence-electron chi connectivity index (χ1n) is 7.84. The van der Waals surface area contributed by atoms with E-state index in [2.05, 4.69) is 15.5 Å². The Balaban J connectivity index is 1.45. The molecule has 1 aromatic heterocycles. The van der Waals surface area contributed by atoms with E-state index in [1.807, 2.05) is 35.2 Å². The molecule has 0 spiro atoms. The average molecular weight is 312 g/mol. The molecule has 0 bridgehead atoms.